The van der Waals surface area contributed by atoms with Crippen molar-refractivity contribution in [2.45, 2.75) is 56.8 Å². The molecule has 3 aromatic carbocycles. The van der Waals surface area contributed by atoms with E-state index in [1.807, 2.05) is 72.8 Å². The molecule has 1 saturated heterocycles. The van der Waals surface area contributed by atoms with Crippen LogP contribution in [0.2, 0.25) is 0 Å². The molecular formula is C31H36N6O3. The monoisotopic (exact) mass is 540 g/mol. The summed E-state index contributed by atoms with van der Waals surface area (Å²) in [5.41, 5.74) is 10.8. The predicted molar refractivity (Wildman–Crippen MR) is 156 cm³/mol. The van der Waals surface area contributed by atoms with Crippen molar-refractivity contribution in [1.29, 1.82) is 0 Å². The molecule has 3 aromatic rings. The van der Waals surface area contributed by atoms with E-state index in [2.05, 4.69) is 37.7 Å². The first-order valence-electron chi connectivity index (χ1n) is 13.7. The van der Waals surface area contributed by atoms with Gasteiger partial charge in [-0.3, -0.25) is 19.8 Å². The Morgan fingerprint density at radius 2 is 1.75 bits per heavy atom. The van der Waals surface area contributed by atoms with Crippen molar-refractivity contribution in [3.8, 4) is 0 Å². The molecule has 4 rings (SSSR count). The summed E-state index contributed by atoms with van der Waals surface area (Å²) in [6, 6.07) is 26.5. The maximum Gasteiger partial charge on any atom is 0.323 e. The number of hydrogen-bond donors (Lipinski definition) is 3. The minimum absolute atomic E-state index is 0.0666. The van der Waals surface area contributed by atoms with E-state index in [0.29, 0.717) is 18.7 Å². The largest absolute Gasteiger partial charge is 0.480 e. The van der Waals surface area contributed by atoms with Crippen LogP contribution in [0.25, 0.3) is 10.4 Å². The maximum atomic E-state index is 13.6. The number of para-hydroxylation sites is 1. The summed E-state index contributed by atoms with van der Waals surface area (Å²) in [7, 11) is 0. The number of carboxylic acid groups (broad SMARTS) is 1. The number of nitrogens with zero attached hydrogens (tertiary/aromatic N) is 4. The van der Waals surface area contributed by atoms with E-state index in [4.69, 9.17) is 5.53 Å². The van der Waals surface area contributed by atoms with Crippen LogP contribution in [0.5, 0.6) is 0 Å². The number of carboxylic acids is 1. The molecule has 208 valence electrons. The summed E-state index contributed by atoms with van der Waals surface area (Å²) in [5.74, 6) is -1.07. The van der Waals surface area contributed by atoms with Gasteiger partial charge in [-0.15, -0.1) is 0 Å². The van der Waals surface area contributed by atoms with Crippen LogP contribution in [0, 0.1) is 0 Å². The number of hydrogen-bond acceptors (Lipinski definition) is 5. The lowest BCUT2D eigenvalue weighted by atomic mass is 9.89. The molecule has 0 aliphatic carbocycles. The van der Waals surface area contributed by atoms with Crippen molar-refractivity contribution in [2.75, 3.05) is 18.4 Å². The van der Waals surface area contributed by atoms with Gasteiger partial charge in [-0.05, 0) is 67.4 Å². The fourth-order valence-corrected chi connectivity index (χ4v) is 5.30. The number of aliphatic carboxylic acids is 1. The smallest absolute Gasteiger partial charge is 0.323 e. The molecule has 40 heavy (non-hydrogen) atoms. The van der Waals surface area contributed by atoms with Gasteiger partial charge in [-0.25, -0.2) is 0 Å². The number of anilines is 1. The van der Waals surface area contributed by atoms with Crippen LogP contribution in [-0.4, -0.2) is 46.6 Å². The molecule has 3 atom stereocenters. The van der Waals surface area contributed by atoms with Gasteiger partial charge in [0, 0.05) is 23.7 Å². The van der Waals surface area contributed by atoms with Crippen molar-refractivity contribution < 1.29 is 14.7 Å². The Morgan fingerprint density at radius 3 is 2.45 bits per heavy atom. The van der Waals surface area contributed by atoms with E-state index in [1.165, 1.54) is 5.56 Å². The molecular weight excluding hydrogens is 504 g/mol. The number of amides is 1. The fourth-order valence-electron chi connectivity index (χ4n) is 5.30. The summed E-state index contributed by atoms with van der Waals surface area (Å²) < 4.78 is 0. The first kappa shape index (κ1) is 28.8. The summed E-state index contributed by atoms with van der Waals surface area (Å²) in [6.07, 6.45) is 2.41. The van der Waals surface area contributed by atoms with Gasteiger partial charge in [-0.1, -0.05) is 84.0 Å². The number of carbonyl (C=O) groups is 2. The second-order valence-electron chi connectivity index (χ2n) is 10.4. The Hall–Kier alpha value is -4.17. The van der Waals surface area contributed by atoms with Crippen LogP contribution < -0.4 is 10.6 Å². The van der Waals surface area contributed by atoms with Gasteiger partial charge in [0.2, 0.25) is 5.91 Å². The molecule has 3 N–H and O–H groups in total. The van der Waals surface area contributed by atoms with Crippen LogP contribution in [0.4, 0.5) is 5.69 Å². The Labute approximate surface area is 234 Å². The van der Waals surface area contributed by atoms with Crippen LogP contribution >= 0.6 is 0 Å². The maximum absolute atomic E-state index is 13.6. The highest BCUT2D eigenvalue weighted by Crippen LogP contribution is 2.32. The lowest BCUT2D eigenvalue weighted by Gasteiger charge is -2.33. The predicted octanol–water partition coefficient (Wildman–Crippen LogP) is 5.90. The Morgan fingerprint density at radius 1 is 1.07 bits per heavy atom. The van der Waals surface area contributed by atoms with E-state index in [0.717, 1.165) is 30.5 Å². The quantitative estimate of drug-likeness (QED) is 0.107. The van der Waals surface area contributed by atoms with E-state index in [1.54, 1.807) is 6.92 Å². The lowest BCUT2D eigenvalue weighted by molar-refractivity contribution is -0.144. The molecule has 0 saturated carbocycles. The Balaban J connectivity index is 1.60. The molecule has 1 amide bonds. The number of azide groups is 1. The van der Waals surface area contributed by atoms with Gasteiger partial charge in [0.05, 0.1) is 12.1 Å². The third-order valence-electron chi connectivity index (χ3n) is 7.49. The number of carbonyl (C=O) groups excluding carboxylic acids is 1. The molecule has 1 fully saturated rings. The normalized spacial score (nSPS) is 17.4. The van der Waals surface area contributed by atoms with E-state index in [-0.39, 0.29) is 24.9 Å². The molecule has 0 bridgehead atoms. The highest BCUT2D eigenvalue weighted by atomic mass is 16.4. The second-order valence-corrected chi connectivity index (χ2v) is 10.4. The molecule has 0 aromatic heterocycles. The molecule has 1 aliphatic heterocycles. The first-order valence-corrected chi connectivity index (χ1v) is 13.7. The zero-order valence-corrected chi connectivity index (χ0v) is 22.7. The Bertz CT molecular complexity index is 1330. The average Bonchev–Trinajstić information content (AvgIpc) is 3.44. The summed E-state index contributed by atoms with van der Waals surface area (Å²) in [4.78, 5) is 31.1. The van der Waals surface area contributed by atoms with Gasteiger partial charge in [0.15, 0.2) is 0 Å². The van der Waals surface area contributed by atoms with Crippen LogP contribution in [0.3, 0.4) is 0 Å². The van der Waals surface area contributed by atoms with Gasteiger partial charge in [0.25, 0.3) is 0 Å². The van der Waals surface area contributed by atoms with Crippen LogP contribution in [-0.2, 0) is 16.1 Å². The van der Waals surface area contributed by atoms with Crippen LogP contribution in [0.15, 0.2) is 90.0 Å². The van der Waals surface area contributed by atoms with E-state index in [9.17, 15) is 14.7 Å². The summed E-state index contributed by atoms with van der Waals surface area (Å²) in [5, 5.41) is 20.3. The minimum atomic E-state index is -1.31. The van der Waals surface area contributed by atoms with Gasteiger partial charge in [-0.2, -0.15) is 0 Å². The van der Waals surface area contributed by atoms with Crippen molar-refractivity contribution >= 4 is 17.6 Å². The van der Waals surface area contributed by atoms with Crippen LogP contribution in [0.1, 0.15) is 55.3 Å². The highest BCUT2D eigenvalue weighted by molar-refractivity contribution is 5.95. The van der Waals surface area contributed by atoms with Crippen molar-refractivity contribution in [3.05, 3.63) is 112 Å². The van der Waals surface area contributed by atoms with E-state index >= 15 is 0 Å². The Kier molecular flexibility index (Phi) is 9.91. The minimum Gasteiger partial charge on any atom is -0.480 e. The highest BCUT2D eigenvalue weighted by Gasteiger charge is 2.37. The molecule has 0 spiro atoms. The van der Waals surface area contributed by atoms with E-state index < -0.39 is 17.6 Å². The first-order chi connectivity index (χ1) is 19.4. The topological polar surface area (TPSA) is 130 Å². The molecule has 1 heterocycles. The zero-order valence-electron chi connectivity index (χ0n) is 22.7. The SMILES string of the molecule is C[C@@](CCCN=[N+]=[N-])(NC(c1ccccc1)c1ccccc1NC(=O)C1CCCN1Cc1ccccc1)C(=O)O. The zero-order chi connectivity index (χ0) is 28.4. The average molecular weight is 541 g/mol. The molecule has 2 unspecified atom stereocenters. The second kappa shape index (κ2) is 13.8. The molecule has 1 aliphatic rings. The molecule has 0 radical (unpaired) electrons. The number of nitrogens with one attached hydrogen (secondary N) is 2. The summed E-state index contributed by atoms with van der Waals surface area (Å²) >= 11 is 0. The van der Waals surface area contributed by atoms with Gasteiger partial charge < -0.3 is 10.4 Å². The lowest BCUT2D eigenvalue weighted by Crippen LogP contribution is -2.51. The third-order valence-corrected chi connectivity index (χ3v) is 7.49. The third kappa shape index (κ3) is 7.27. The van der Waals surface area contributed by atoms with Crippen molar-refractivity contribution in [2.24, 2.45) is 5.11 Å². The van der Waals surface area contributed by atoms with Crippen molar-refractivity contribution in [3.63, 3.8) is 0 Å². The molecule has 9 nitrogen and oxygen atoms in total. The number of rotatable bonds is 13. The standard InChI is InChI=1S/C31H36N6O3/c1-31(30(39)40,19-11-20-33-36-32)35-28(24-14-6-3-7-15-24)25-16-8-9-17-26(25)34-29(38)27-18-10-21-37(27)22-23-12-4-2-5-13-23/h2-9,12-17,27-28,35H,10-11,18-22H2,1H3,(H,34,38)(H,39,40)/t27?,28?,31-/m0/s1. The summed E-state index contributed by atoms with van der Waals surface area (Å²) in [6.45, 7) is 3.42. The number of benzene rings is 3. The molecule has 9 heteroatoms. The fraction of sp³-hybridized carbons (Fsp3) is 0.355. The van der Waals surface area contributed by atoms with Gasteiger partial charge >= 0.3 is 5.97 Å². The van der Waals surface area contributed by atoms with Crippen molar-refractivity contribution in [1.82, 2.24) is 10.2 Å². The van der Waals surface area contributed by atoms with Gasteiger partial charge in [0.1, 0.15) is 5.54 Å². The number of likely N-dealkylation sites (tertiary alicyclic amines) is 1.